The van der Waals surface area contributed by atoms with Crippen LogP contribution in [-0.4, -0.2) is 26.5 Å². The van der Waals surface area contributed by atoms with Gasteiger partial charge in [0.05, 0.1) is 18.1 Å². The van der Waals surface area contributed by atoms with Crippen molar-refractivity contribution < 1.29 is 14.7 Å². The Bertz CT molecular complexity index is 646. The van der Waals surface area contributed by atoms with Crippen LogP contribution in [0.1, 0.15) is 26.4 Å². The van der Waals surface area contributed by atoms with Gasteiger partial charge >= 0.3 is 5.97 Å². The van der Waals surface area contributed by atoms with Gasteiger partial charge in [0, 0.05) is 12.7 Å². The summed E-state index contributed by atoms with van der Waals surface area (Å²) in [6.07, 6.45) is 2.97. The van der Waals surface area contributed by atoms with Crippen molar-refractivity contribution in [3.8, 4) is 0 Å². The Balaban J connectivity index is 2.28. The predicted octanol–water partition coefficient (Wildman–Crippen LogP) is 1.68. The fraction of sp³-hybridized carbons (Fsp3) is 0.154. The third-order valence-electron chi connectivity index (χ3n) is 2.78. The van der Waals surface area contributed by atoms with Gasteiger partial charge in [-0.25, -0.2) is 9.78 Å². The first-order valence-electron chi connectivity index (χ1n) is 5.60. The molecule has 2 N–H and O–H groups in total. The SMILES string of the molecule is Cc1ccc(C(=O)O)cc1NC(=O)c1cncn1C. The minimum Gasteiger partial charge on any atom is -0.478 e. The van der Waals surface area contributed by atoms with Gasteiger partial charge in [-0.3, -0.25) is 4.79 Å². The van der Waals surface area contributed by atoms with Crippen LogP contribution in [0.15, 0.2) is 30.7 Å². The molecule has 0 saturated heterocycles. The first-order chi connectivity index (χ1) is 8.99. The van der Waals surface area contributed by atoms with Crippen molar-refractivity contribution in [3.63, 3.8) is 0 Å². The maximum absolute atomic E-state index is 12.0. The number of hydrogen-bond donors (Lipinski definition) is 2. The second-order valence-electron chi connectivity index (χ2n) is 4.18. The lowest BCUT2D eigenvalue weighted by atomic mass is 10.1. The molecule has 6 heteroatoms. The van der Waals surface area contributed by atoms with Crippen LogP contribution in [0.2, 0.25) is 0 Å². The molecule has 0 atom stereocenters. The molecule has 1 aromatic carbocycles. The highest BCUT2D eigenvalue weighted by molar-refractivity contribution is 6.04. The number of benzene rings is 1. The number of aromatic nitrogens is 2. The van der Waals surface area contributed by atoms with Gasteiger partial charge in [0.1, 0.15) is 5.69 Å². The number of nitrogens with zero attached hydrogens (tertiary/aromatic N) is 2. The number of nitrogens with one attached hydrogen (secondary N) is 1. The molecular weight excluding hydrogens is 246 g/mol. The highest BCUT2D eigenvalue weighted by Crippen LogP contribution is 2.18. The number of rotatable bonds is 3. The summed E-state index contributed by atoms with van der Waals surface area (Å²) in [7, 11) is 1.71. The summed E-state index contributed by atoms with van der Waals surface area (Å²) in [5.41, 5.74) is 1.80. The minimum absolute atomic E-state index is 0.130. The summed E-state index contributed by atoms with van der Waals surface area (Å²) < 4.78 is 1.59. The van der Waals surface area contributed by atoms with Crippen LogP contribution in [0.4, 0.5) is 5.69 Å². The average Bonchev–Trinajstić information content (AvgIpc) is 2.78. The standard InChI is InChI=1S/C13H13N3O3/c1-8-3-4-9(13(18)19)5-10(8)15-12(17)11-6-14-7-16(11)2/h3-7H,1-2H3,(H,15,17)(H,18,19). The van der Waals surface area contributed by atoms with E-state index >= 15 is 0 Å². The third-order valence-corrected chi connectivity index (χ3v) is 2.78. The van der Waals surface area contributed by atoms with Crippen molar-refractivity contribution in [2.45, 2.75) is 6.92 Å². The zero-order valence-electron chi connectivity index (χ0n) is 10.5. The van der Waals surface area contributed by atoms with E-state index in [0.717, 1.165) is 5.56 Å². The zero-order chi connectivity index (χ0) is 14.0. The van der Waals surface area contributed by atoms with Crippen molar-refractivity contribution in [2.75, 3.05) is 5.32 Å². The van der Waals surface area contributed by atoms with E-state index in [1.54, 1.807) is 24.6 Å². The van der Waals surface area contributed by atoms with Gasteiger partial charge in [0.15, 0.2) is 0 Å². The Morgan fingerprint density at radius 2 is 2.11 bits per heavy atom. The van der Waals surface area contributed by atoms with Crippen molar-refractivity contribution in [2.24, 2.45) is 7.05 Å². The van der Waals surface area contributed by atoms with E-state index in [9.17, 15) is 9.59 Å². The Labute approximate surface area is 109 Å². The maximum atomic E-state index is 12.0. The van der Waals surface area contributed by atoms with Crippen LogP contribution in [0.25, 0.3) is 0 Å². The van der Waals surface area contributed by atoms with Crippen LogP contribution in [0.3, 0.4) is 0 Å². The van der Waals surface area contributed by atoms with Gasteiger partial charge in [-0.1, -0.05) is 6.07 Å². The Kier molecular flexibility index (Phi) is 3.33. The second-order valence-corrected chi connectivity index (χ2v) is 4.18. The highest BCUT2D eigenvalue weighted by atomic mass is 16.4. The summed E-state index contributed by atoms with van der Waals surface area (Å²) in [6, 6.07) is 4.59. The molecule has 19 heavy (non-hydrogen) atoms. The van der Waals surface area contributed by atoms with Crippen molar-refractivity contribution >= 4 is 17.6 Å². The van der Waals surface area contributed by atoms with E-state index in [0.29, 0.717) is 11.4 Å². The number of amides is 1. The molecule has 1 aromatic heterocycles. The molecule has 2 aromatic rings. The van der Waals surface area contributed by atoms with E-state index in [-0.39, 0.29) is 11.5 Å². The molecule has 0 saturated carbocycles. The van der Waals surface area contributed by atoms with E-state index < -0.39 is 5.97 Å². The molecule has 0 bridgehead atoms. The third kappa shape index (κ3) is 2.62. The van der Waals surface area contributed by atoms with Gasteiger partial charge in [-0.15, -0.1) is 0 Å². The first kappa shape index (κ1) is 12.8. The number of carbonyl (C=O) groups is 2. The van der Waals surface area contributed by atoms with Crippen LogP contribution in [0.5, 0.6) is 0 Å². The van der Waals surface area contributed by atoms with Crippen LogP contribution < -0.4 is 5.32 Å². The topological polar surface area (TPSA) is 84.2 Å². The summed E-state index contributed by atoms with van der Waals surface area (Å²) in [4.78, 5) is 26.8. The van der Waals surface area contributed by atoms with Crippen LogP contribution >= 0.6 is 0 Å². The Morgan fingerprint density at radius 3 is 2.68 bits per heavy atom. The number of carbonyl (C=O) groups excluding carboxylic acids is 1. The molecule has 1 heterocycles. The molecule has 0 radical (unpaired) electrons. The van der Waals surface area contributed by atoms with Gasteiger partial charge in [-0.2, -0.15) is 0 Å². The number of carboxylic acid groups (broad SMARTS) is 1. The summed E-state index contributed by atoms with van der Waals surface area (Å²) >= 11 is 0. The summed E-state index contributed by atoms with van der Waals surface area (Å²) in [5.74, 6) is -1.36. The summed E-state index contributed by atoms with van der Waals surface area (Å²) in [5, 5.41) is 11.6. The molecule has 1 amide bonds. The quantitative estimate of drug-likeness (QED) is 0.878. The fourth-order valence-corrected chi connectivity index (χ4v) is 1.65. The lowest BCUT2D eigenvalue weighted by molar-refractivity contribution is 0.0696. The number of carboxylic acids is 1. The van der Waals surface area contributed by atoms with E-state index in [1.165, 1.54) is 24.7 Å². The normalized spacial score (nSPS) is 10.2. The minimum atomic E-state index is -1.03. The van der Waals surface area contributed by atoms with E-state index in [2.05, 4.69) is 10.3 Å². The monoisotopic (exact) mass is 259 g/mol. The van der Waals surface area contributed by atoms with Crippen molar-refractivity contribution in [1.29, 1.82) is 0 Å². The lowest BCUT2D eigenvalue weighted by Crippen LogP contribution is -2.16. The Morgan fingerprint density at radius 1 is 1.37 bits per heavy atom. The molecule has 0 aliphatic rings. The molecule has 6 nitrogen and oxygen atoms in total. The van der Waals surface area contributed by atoms with Crippen molar-refractivity contribution in [3.05, 3.63) is 47.5 Å². The molecular formula is C13H13N3O3. The molecule has 0 aliphatic heterocycles. The smallest absolute Gasteiger partial charge is 0.335 e. The van der Waals surface area contributed by atoms with Crippen LogP contribution in [-0.2, 0) is 7.05 Å². The molecule has 0 fully saturated rings. The van der Waals surface area contributed by atoms with Crippen LogP contribution in [0, 0.1) is 6.92 Å². The number of aromatic carboxylic acids is 1. The molecule has 0 spiro atoms. The predicted molar refractivity (Wildman–Crippen MR) is 69.3 cm³/mol. The molecule has 2 rings (SSSR count). The molecule has 0 aliphatic carbocycles. The van der Waals surface area contributed by atoms with Gasteiger partial charge in [-0.05, 0) is 24.6 Å². The fourth-order valence-electron chi connectivity index (χ4n) is 1.65. The average molecular weight is 259 g/mol. The number of imidazole rings is 1. The molecule has 98 valence electrons. The number of anilines is 1. The highest BCUT2D eigenvalue weighted by Gasteiger charge is 2.12. The largest absolute Gasteiger partial charge is 0.478 e. The first-order valence-corrected chi connectivity index (χ1v) is 5.60. The maximum Gasteiger partial charge on any atom is 0.335 e. The second kappa shape index (κ2) is 4.93. The van der Waals surface area contributed by atoms with Gasteiger partial charge < -0.3 is 15.0 Å². The van der Waals surface area contributed by atoms with Gasteiger partial charge in [0.25, 0.3) is 5.91 Å². The number of aryl methyl sites for hydroxylation is 2. The summed E-state index contributed by atoms with van der Waals surface area (Å²) in [6.45, 7) is 1.80. The van der Waals surface area contributed by atoms with Crippen molar-refractivity contribution in [1.82, 2.24) is 9.55 Å². The number of hydrogen-bond acceptors (Lipinski definition) is 3. The molecule has 0 unspecified atom stereocenters. The van der Waals surface area contributed by atoms with Gasteiger partial charge in [0.2, 0.25) is 0 Å². The lowest BCUT2D eigenvalue weighted by Gasteiger charge is -2.09. The van der Waals surface area contributed by atoms with E-state index in [4.69, 9.17) is 5.11 Å². The van der Waals surface area contributed by atoms with E-state index in [1.807, 2.05) is 0 Å². The zero-order valence-corrected chi connectivity index (χ0v) is 10.5. The Hall–Kier alpha value is -2.63.